The van der Waals surface area contributed by atoms with Crippen LogP contribution in [0, 0.1) is 0 Å². The first-order chi connectivity index (χ1) is 29.0. The van der Waals surface area contributed by atoms with Crippen LogP contribution in [0.5, 0.6) is 11.5 Å². The Balaban J connectivity index is 1.42. The number of hydrogen-bond acceptors (Lipinski definition) is 22. The summed E-state index contributed by atoms with van der Waals surface area (Å²) in [6, 6.07) is 20.9. The zero-order valence-corrected chi connectivity index (χ0v) is 34.5. The van der Waals surface area contributed by atoms with Gasteiger partial charge in [0.05, 0.1) is 76.3 Å². The quantitative estimate of drug-likeness (QED) is 0.00933. The van der Waals surface area contributed by atoms with Gasteiger partial charge in [-0.05, 0) is 73.2 Å². The SMILES string of the molecule is COc1cc(N=Nc2cccc(S(=O)(=O)O)c2)ccc1Nc1nc(NCCS(=O)(=O)O)nc(Nc2ccc(N=Nc3ccc(SOOO)cc3)cc2OCCCS(=O)(=O)O)n1. The zero-order valence-electron chi connectivity index (χ0n) is 31.3. The summed E-state index contributed by atoms with van der Waals surface area (Å²) in [5, 5.41) is 37.1. The van der Waals surface area contributed by atoms with Gasteiger partial charge in [-0.15, -0.1) is 4.33 Å². The van der Waals surface area contributed by atoms with Gasteiger partial charge in [0.15, 0.2) is 0 Å². The van der Waals surface area contributed by atoms with Gasteiger partial charge in [0.25, 0.3) is 30.4 Å². The molecule has 24 nitrogen and oxygen atoms in total. The van der Waals surface area contributed by atoms with Crippen LogP contribution in [0.4, 0.5) is 52.0 Å². The maximum Gasteiger partial charge on any atom is 0.294 e. The molecule has 0 amide bonds. The average Bonchev–Trinajstić information content (AvgIpc) is 3.20. The van der Waals surface area contributed by atoms with E-state index in [1.807, 2.05) is 0 Å². The van der Waals surface area contributed by atoms with Gasteiger partial charge in [-0.2, -0.15) is 60.7 Å². The van der Waals surface area contributed by atoms with Crippen LogP contribution >= 0.6 is 12.0 Å². The molecule has 7 N–H and O–H groups in total. The van der Waals surface area contributed by atoms with E-state index in [2.05, 4.69) is 60.7 Å². The highest BCUT2D eigenvalue weighted by Crippen LogP contribution is 2.35. The van der Waals surface area contributed by atoms with Crippen molar-refractivity contribution in [2.24, 2.45) is 20.5 Å². The van der Waals surface area contributed by atoms with Crippen molar-refractivity contribution in [3.63, 3.8) is 0 Å². The van der Waals surface area contributed by atoms with E-state index in [1.165, 1.54) is 49.6 Å². The molecule has 0 spiro atoms. The van der Waals surface area contributed by atoms with Crippen molar-refractivity contribution in [1.82, 2.24) is 15.0 Å². The Morgan fingerprint density at radius 1 is 0.656 bits per heavy atom. The number of methoxy groups -OCH3 is 1. The molecule has 0 unspecified atom stereocenters. The smallest absolute Gasteiger partial charge is 0.294 e. The highest BCUT2D eigenvalue weighted by atomic mass is 32.2. The van der Waals surface area contributed by atoms with Gasteiger partial charge >= 0.3 is 0 Å². The molecule has 4 aromatic carbocycles. The number of hydrogen-bond donors (Lipinski definition) is 7. The van der Waals surface area contributed by atoms with E-state index >= 15 is 0 Å². The van der Waals surface area contributed by atoms with Gasteiger partial charge in [0, 0.05) is 23.6 Å². The molecule has 0 atom stereocenters. The van der Waals surface area contributed by atoms with Crippen molar-refractivity contribution in [1.29, 1.82) is 0 Å². The van der Waals surface area contributed by atoms with E-state index in [1.54, 1.807) is 36.4 Å². The summed E-state index contributed by atoms with van der Waals surface area (Å²) in [5.41, 5.74) is 1.74. The van der Waals surface area contributed by atoms with Crippen LogP contribution in [0.2, 0.25) is 0 Å². The van der Waals surface area contributed by atoms with E-state index in [-0.39, 0.29) is 70.9 Å². The first-order valence-electron chi connectivity index (χ1n) is 17.0. The Bertz CT molecular complexity index is 2710. The topological polar surface area (TPSA) is 344 Å². The third kappa shape index (κ3) is 15.5. The summed E-state index contributed by atoms with van der Waals surface area (Å²) in [6.07, 6.45) is -0.0791. The van der Waals surface area contributed by atoms with Crippen molar-refractivity contribution in [3.05, 3.63) is 84.9 Å². The molecule has 28 heteroatoms. The summed E-state index contributed by atoms with van der Waals surface area (Å²) >= 11 is 0.760. The lowest BCUT2D eigenvalue weighted by Gasteiger charge is -2.15. The first-order valence-corrected chi connectivity index (χ1v) is 22.4. The molecular formula is C33H34N10O14S4. The van der Waals surface area contributed by atoms with Crippen molar-refractivity contribution < 1.29 is 63.0 Å². The Hall–Kier alpha value is -5.95. The monoisotopic (exact) mass is 922 g/mol. The van der Waals surface area contributed by atoms with E-state index < -0.39 is 41.9 Å². The van der Waals surface area contributed by atoms with Crippen LogP contribution in [-0.4, -0.2) is 90.9 Å². The molecule has 0 aliphatic carbocycles. The van der Waals surface area contributed by atoms with Gasteiger partial charge in [-0.1, -0.05) is 11.1 Å². The van der Waals surface area contributed by atoms with E-state index in [4.69, 9.17) is 14.7 Å². The minimum atomic E-state index is -4.46. The van der Waals surface area contributed by atoms with Crippen LogP contribution in [0.3, 0.4) is 0 Å². The number of benzene rings is 4. The predicted octanol–water partition coefficient (Wildman–Crippen LogP) is 6.83. The second-order valence-electron chi connectivity index (χ2n) is 11.9. The fourth-order valence-corrected chi connectivity index (χ4v) is 6.44. The largest absolute Gasteiger partial charge is 0.494 e. The molecule has 0 bridgehead atoms. The number of rotatable bonds is 22. The molecule has 61 heavy (non-hydrogen) atoms. The lowest BCUT2D eigenvalue weighted by Crippen LogP contribution is -2.17. The molecule has 0 aliphatic rings. The van der Waals surface area contributed by atoms with Crippen molar-refractivity contribution in [3.8, 4) is 11.5 Å². The number of aromatic nitrogens is 3. The molecule has 0 radical (unpaired) electrons. The summed E-state index contributed by atoms with van der Waals surface area (Å²) in [5.74, 6) is -1.24. The van der Waals surface area contributed by atoms with Crippen molar-refractivity contribution >= 4 is 94.4 Å². The second kappa shape index (κ2) is 21.0. The van der Waals surface area contributed by atoms with Gasteiger partial charge in [0.2, 0.25) is 17.8 Å². The molecular weight excluding hydrogens is 889 g/mol. The van der Waals surface area contributed by atoms with Gasteiger partial charge < -0.3 is 25.4 Å². The third-order valence-corrected chi connectivity index (χ3v) is 10.4. The molecule has 0 saturated heterocycles. The van der Waals surface area contributed by atoms with E-state index in [9.17, 15) is 38.9 Å². The Morgan fingerprint density at radius 3 is 1.77 bits per heavy atom. The van der Waals surface area contributed by atoms with Crippen LogP contribution in [0.1, 0.15) is 6.42 Å². The number of nitrogens with zero attached hydrogens (tertiary/aromatic N) is 7. The Labute approximate surface area is 351 Å². The molecule has 0 aliphatic heterocycles. The summed E-state index contributed by atoms with van der Waals surface area (Å²) in [7, 11) is -11.7. The van der Waals surface area contributed by atoms with Crippen LogP contribution < -0.4 is 25.4 Å². The summed E-state index contributed by atoms with van der Waals surface area (Å²) in [6.45, 7) is -0.460. The molecule has 1 aromatic heterocycles. The molecule has 1 heterocycles. The fraction of sp³-hybridized carbons (Fsp3) is 0.182. The molecule has 5 aromatic rings. The molecule has 0 saturated carbocycles. The molecule has 324 valence electrons. The lowest BCUT2D eigenvalue weighted by molar-refractivity contribution is -0.432. The van der Waals surface area contributed by atoms with Crippen molar-refractivity contribution in [2.45, 2.75) is 16.2 Å². The number of azo groups is 2. The summed E-state index contributed by atoms with van der Waals surface area (Å²) < 4.78 is 112. The maximum atomic E-state index is 11.5. The van der Waals surface area contributed by atoms with Gasteiger partial charge in [-0.3, -0.25) is 13.7 Å². The van der Waals surface area contributed by atoms with Crippen LogP contribution in [0.15, 0.2) is 115 Å². The number of ether oxygens (including phenoxy) is 2. The molecule has 0 fully saturated rings. The number of anilines is 5. The first kappa shape index (κ1) is 46.1. The normalized spacial score (nSPS) is 12.1. The Kier molecular flexibility index (Phi) is 15.9. The molecule has 5 rings (SSSR count). The maximum absolute atomic E-state index is 11.5. The number of nitrogens with one attached hydrogen (secondary N) is 3. The Morgan fingerprint density at radius 2 is 1.20 bits per heavy atom. The highest BCUT2D eigenvalue weighted by Gasteiger charge is 2.15. The van der Waals surface area contributed by atoms with E-state index in [0.717, 1.165) is 18.1 Å². The zero-order chi connectivity index (χ0) is 44.0. The lowest BCUT2D eigenvalue weighted by atomic mass is 10.2. The van der Waals surface area contributed by atoms with Crippen LogP contribution in [-0.2, 0) is 39.7 Å². The van der Waals surface area contributed by atoms with Gasteiger partial charge in [0.1, 0.15) is 11.5 Å². The van der Waals surface area contributed by atoms with Gasteiger partial charge in [-0.25, -0.2) is 5.26 Å². The predicted molar refractivity (Wildman–Crippen MR) is 219 cm³/mol. The van der Waals surface area contributed by atoms with E-state index in [0.29, 0.717) is 22.0 Å². The highest BCUT2D eigenvalue weighted by molar-refractivity contribution is 7.94. The average molecular weight is 923 g/mol. The van der Waals surface area contributed by atoms with Crippen molar-refractivity contribution in [2.75, 3.05) is 47.7 Å². The minimum absolute atomic E-state index is 0.0791. The minimum Gasteiger partial charge on any atom is -0.494 e. The second-order valence-corrected chi connectivity index (χ2v) is 17.3. The third-order valence-electron chi connectivity index (χ3n) is 7.40. The standard InChI is InChI=1S/C33H34N10O14S4/c1-54-29-19-23(43-41-22-4-2-5-26(18-22)61(51,52)53)8-12-27(29)35-32-37-31(34-14-17-60(48,49)50)38-33(39-32)36-28-13-9-24(20-30(28)55-15-3-16-59(45,46)47)42-40-21-6-10-25(11-7-21)58-57-56-44/h2,4-13,18-20,44H,3,14-17H2,1H3,(H,45,46,47)(H,48,49,50)(H,51,52,53)(H3,34,35,36,37,38,39). The fourth-order valence-electron chi connectivity index (χ4n) is 4.72. The summed E-state index contributed by atoms with van der Waals surface area (Å²) in [4.78, 5) is 13.2. The van der Waals surface area contributed by atoms with Crippen LogP contribution in [0.25, 0.3) is 0 Å².